The van der Waals surface area contributed by atoms with Crippen LogP contribution in [-0.4, -0.2) is 54.9 Å². The van der Waals surface area contributed by atoms with Crippen molar-refractivity contribution < 1.29 is 4.79 Å². The van der Waals surface area contributed by atoms with Crippen LogP contribution < -0.4 is 0 Å². The molecule has 4 aromatic rings. The van der Waals surface area contributed by atoms with Crippen LogP contribution in [0.2, 0.25) is 10.0 Å². The fraction of sp³-hybridized carbons (Fsp3) is 0.400. The highest BCUT2D eigenvalue weighted by atomic mass is 35.5. The van der Waals surface area contributed by atoms with Gasteiger partial charge in [-0.2, -0.15) is 0 Å². The minimum atomic E-state index is 0.103. The molecule has 2 heterocycles. The molecule has 0 atom stereocenters. The van der Waals surface area contributed by atoms with Gasteiger partial charge in [-0.25, -0.2) is 0 Å². The molecule has 0 unspecified atom stereocenters. The van der Waals surface area contributed by atoms with Crippen molar-refractivity contribution in [2.24, 2.45) is 0 Å². The van der Waals surface area contributed by atoms with E-state index in [2.05, 4.69) is 21.9 Å². The van der Waals surface area contributed by atoms with Crippen LogP contribution >= 0.6 is 23.2 Å². The Morgan fingerprint density at radius 3 is 1.40 bits per heavy atom. The SMILES string of the molecule is O=C(c1ccc2c(Cl)cccc2c1CCN1CCCCC1)c1ccc2c(Cl)cccc2c1CCN1CCCCC1. The molecule has 2 aliphatic heterocycles. The van der Waals surface area contributed by atoms with E-state index in [0.717, 1.165) is 106 Å². The Kier molecular flexibility index (Phi) is 8.74. The van der Waals surface area contributed by atoms with Gasteiger partial charge in [-0.15, -0.1) is 0 Å². The molecule has 2 saturated heterocycles. The first kappa shape index (κ1) is 27.7. The highest BCUT2D eigenvalue weighted by Crippen LogP contribution is 2.34. The van der Waals surface area contributed by atoms with E-state index in [1.807, 2.05) is 48.5 Å². The van der Waals surface area contributed by atoms with E-state index in [0.29, 0.717) is 0 Å². The van der Waals surface area contributed by atoms with Crippen molar-refractivity contribution in [2.45, 2.75) is 51.4 Å². The molecule has 208 valence electrons. The Hall–Kier alpha value is -2.43. The second-order valence-corrected chi connectivity index (χ2v) is 12.3. The van der Waals surface area contributed by atoms with E-state index in [4.69, 9.17) is 23.2 Å². The van der Waals surface area contributed by atoms with E-state index in [1.165, 1.54) is 38.5 Å². The van der Waals surface area contributed by atoms with E-state index < -0.39 is 0 Å². The van der Waals surface area contributed by atoms with Gasteiger partial charge in [0.2, 0.25) is 0 Å². The Morgan fingerprint density at radius 1 is 0.550 bits per heavy atom. The third-order valence-corrected chi connectivity index (χ3v) is 9.64. The van der Waals surface area contributed by atoms with Gasteiger partial charge in [-0.05, 0) is 98.7 Å². The Labute approximate surface area is 248 Å². The molecule has 0 radical (unpaired) electrons. The van der Waals surface area contributed by atoms with E-state index >= 15 is 0 Å². The number of hydrogen-bond donors (Lipinski definition) is 0. The zero-order chi connectivity index (χ0) is 27.5. The summed E-state index contributed by atoms with van der Waals surface area (Å²) in [4.78, 5) is 19.6. The van der Waals surface area contributed by atoms with Crippen molar-refractivity contribution in [1.82, 2.24) is 9.80 Å². The number of rotatable bonds is 8. The summed E-state index contributed by atoms with van der Waals surface area (Å²) in [6.07, 6.45) is 9.33. The number of fused-ring (bicyclic) bond motifs is 2. The van der Waals surface area contributed by atoms with Crippen molar-refractivity contribution in [2.75, 3.05) is 39.3 Å². The molecule has 2 fully saturated rings. The van der Waals surface area contributed by atoms with Crippen LogP contribution in [0.1, 0.15) is 65.6 Å². The number of ketones is 1. The van der Waals surface area contributed by atoms with Gasteiger partial charge in [0.15, 0.2) is 5.78 Å². The fourth-order valence-electron chi connectivity index (χ4n) is 6.78. The molecule has 3 nitrogen and oxygen atoms in total. The summed E-state index contributed by atoms with van der Waals surface area (Å²) >= 11 is 13.3. The number of halogens is 2. The molecule has 5 heteroatoms. The largest absolute Gasteiger partial charge is 0.303 e. The average molecular weight is 574 g/mol. The Balaban J connectivity index is 1.42. The third kappa shape index (κ3) is 5.81. The van der Waals surface area contributed by atoms with Crippen LogP contribution in [0.4, 0.5) is 0 Å². The quantitative estimate of drug-likeness (QED) is 0.197. The summed E-state index contributed by atoms with van der Waals surface area (Å²) in [5.41, 5.74) is 3.83. The predicted octanol–water partition coefficient (Wildman–Crippen LogP) is 8.59. The molecule has 0 N–H and O–H groups in total. The van der Waals surface area contributed by atoms with Gasteiger partial charge < -0.3 is 9.80 Å². The maximum atomic E-state index is 14.6. The predicted molar refractivity (Wildman–Crippen MR) is 169 cm³/mol. The Morgan fingerprint density at radius 2 is 0.975 bits per heavy atom. The molecule has 0 aliphatic carbocycles. The summed E-state index contributed by atoms with van der Waals surface area (Å²) in [6.45, 7) is 6.48. The molecule has 0 amide bonds. The summed E-state index contributed by atoms with van der Waals surface area (Å²) in [5.74, 6) is 0.103. The second-order valence-electron chi connectivity index (χ2n) is 11.5. The highest BCUT2D eigenvalue weighted by molar-refractivity contribution is 6.36. The number of likely N-dealkylation sites (tertiary alicyclic amines) is 2. The third-order valence-electron chi connectivity index (χ3n) is 8.98. The van der Waals surface area contributed by atoms with Crippen LogP contribution in [0.25, 0.3) is 21.5 Å². The first-order valence-corrected chi connectivity index (χ1v) is 15.8. The minimum absolute atomic E-state index is 0.103. The topological polar surface area (TPSA) is 23.6 Å². The summed E-state index contributed by atoms with van der Waals surface area (Å²) in [5, 5.41) is 5.69. The monoisotopic (exact) mass is 572 g/mol. The van der Waals surface area contributed by atoms with Gasteiger partial charge in [-0.3, -0.25) is 4.79 Å². The molecule has 2 aliphatic rings. The molecule has 0 spiro atoms. The maximum Gasteiger partial charge on any atom is 0.193 e. The highest BCUT2D eigenvalue weighted by Gasteiger charge is 2.23. The molecular weight excluding hydrogens is 535 g/mol. The molecule has 0 bridgehead atoms. The number of nitrogens with zero attached hydrogens (tertiary/aromatic N) is 2. The molecular formula is C35H38Cl2N2O. The summed E-state index contributed by atoms with van der Waals surface area (Å²) in [7, 11) is 0. The van der Waals surface area contributed by atoms with Gasteiger partial charge in [0.1, 0.15) is 0 Å². The van der Waals surface area contributed by atoms with Gasteiger partial charge in [0, 0.05) is 45.0 Å². The first-order valence-electron chi connectivity index (χ1n) is 15.0. The number of benzene rings is 4. The van der Waals surface area contributed by atoms with Gasteiger partial charge in [-0.1, -0.05) is 84.6 Å². The van der Waals surface area contributed by atoms with Crippen LogP contribution in [0, 0.1) is 0 Å². The van der Waals surface area contributed by atoms with Crippen LogP contribution in [0.5, 0.6) is 0 Å². The van der Waals surface area contributed by atoms with E-state index in [9.17, 15) is 4.79 Å². The fourth-order valence-corrected chi connectivity index (χ4v) is 7.25. The number of hydrogen-bond acceptors (Lipinski definition) is 3. The number of piperidine rings is 2. The van der Waals surface area contributed by atoms with Crippen molar-refractivity contribution in [3.63, 3.8) is 0 Å². The lowest BCUT2D eigenvalue weighted by molar-refractivity contribution is 0.103. The van der Waals surface area contributed by atoms with Crippen LogP contribution in [-0.2, 0) is 12.8 Å². The molecule has 40 heavy (non-hydrogen) atoms. The normalized spacial score (nSPS) is 17.1. The van der Waals surface area contributed by atoms with Gasteiger partial charge >= 0.3 is 0 Å². The van der Waals surface area contributed by atoms with Crippen molar-refractivity contribution in [3.8, 4) is 0 Å². The average Bonchev–Trinajstić information content (AvgIpc) is 2.99. The van der Waals surface area contributed by atoms with Gasteiger partial charge in [0.25, 0.3) is 0 Å². The smallest absolute Gasteiger partial charge is 0.193 e. The lowest BCUT2D eigenvalue weighted by Gasteiger charge is -2.27. The first-order chi connectivity index (χ1) is 19.6. The zero-order valence-electron chi connectivity index (χ0n) is 23.2. The van der Waals surface area contributed by atoms with Crippen molar-refractivity contribution in [3.05, 3.63) is 93.0 Å². The van der Waals surface area contributed by atoms with Gasteiger partial charge in [0.05, 0.1) is 0 Å². The van der Waals surface area contributed by atoms with Crippen molar-refractivity contribution in [1.29, 1.82) is 0 Å². The molecule has 4 aromatic carbocycles. The molecule has 0 aromatic heterocycles. The lowest BCUT2D eigenvalue weighted by atomic mass is 9.87. The summed E-state index contributed by atoms with van der Waals surface area (Å²) < 4.78 is 0. The van der Waals surface area contributed by atoms with Crippen LogP contribution in [0.15, 0.2) is 60.7 Å². The molecule has 6 rings (SSSR count). The van der Waals surface area contributed by atoms with Crippen molar-refractivity contribution >= 4 is 50.5 Å². The zero-order valence-corrected chi connectivity index (χ0v) is 24.7. The Bertz CT molecular complexity index is 1410. The maximum absolute atomic E-state index is 14.6. The lowest BCUT2D eigenvalue weighted by Crippen LogP contribution is -2.32. The second kappa shape index (κ2) is 12.6. The molecule has 0 saturated carbocycles. The number of carbonyl (C=O) groups excluding carboxylic acids is 1. The van der Waals surface area contributed by atoms with E-state index in [1.54, 1.807) is 0 Å². The standard InChI is InChI=1S/C35H38Cl2N2O/c36-33-11-7-9-25-27(17-23-38-19-3-1-4-20-38)31(15-13-29(25)33)35(40)32-16-14-30-26(10-8-12-34(30)37)28(32)18-24-39-21-5-2-6-22-39/h7-16H,1-6,17-24H2. The minimum Gasteiger partial charge on any atom is -0.303 e. The van der Waals surface area contributed by atoms with Crippen LogP contribution in [0.3, 0.4) is 0 Å². The van der Waals surface area contributed by atoms with E-state index in [-0.39, 0.29) is 5.78 Å². The number of carbonyl (C=O) groups is 1. The summed E-state index contributed by atoms with van der Waals surface area (Å²) in [6, 6.07) is 20.2.